The maximum absolute atomic E-state index is 4.38. The van der Waals surface area contributed by atoms with Crippen molar-refractivity contribution in [2.24, 2.45) is 4.99 Å². The zero-order valence-corrected chi connectivity index (χ0v) is 18.1. The standard InChI is InChI=1S/C19H26N4S.HI/c1-15-17(24-14-23-15)12-21-18(20-2)22-13-19(10-6-7-11-19)16-8-4-3-5-9-16;/h3-5,8-9,14H,6-7,10-13H2,1-2H3,(H2,20,21,22);1H. The maximum atomic E-state index is 4.38. The first-order valence-corrected chi connectivity index (χ1v) is 9.50. The molecule has 0 atom stereocenters. The molecule has 2 aromatic rings. The number of nitrogens with zero attached hydrogens (tertiary/aromatic N) is 2. The quantitative estimate of drug-likeness (QED) is 0.391. The number of rotatable bonds is 5. The molecule has 0 unspecified atom stereocenters. The van der Waals surface area contributed by atoms with Gasteiger partial charge in [0.05, 0.1) is 17.7 Å². The fourth-order valence-corrected chi connectivity index (χ4v) is 4.26. The van der Waals surface area contributed by atoms with Gasteiger partial charge in [-0.1, -0.05) is 43.2 Å². The van der Waals surface area contributed by atoms with Crippen LogP contribution in [0.1, 0.15) is 41.8 Å². The number of guanidine groups is 1. The molecular formula is C19H27IN4S. The van der Waals surface area contributed by atoms with Crippen LogP contribution in [0.25, 0.3) is 0 Å². The van der Waals surface area contributed by atoms with Crippen LogP contribution in [0.3, 0.4) is 0 Å². The van der Waals surface area contributed by atoms with Crippen LogP contribution in [0.4, 0.5) is 0 Å². The smallest absolute Gasteiger partial charge is 0.191 e. The SMILES string of the molecule is CN=C(NCc1scnc1C)NCC1(c2ccccc2)CCCC1.I. The van der Waals surface area contributed by atoms with Gasteiger partial charge in [-0.2, -0.15) is 0 Å². The number of thiazole rings is 1. The highest BCUT2D eigenvalue weighted by atomic mass is 127. The monoisotopic (exact) mass is 470 g/mol. The van der Waals surface area contributed by atoms with Crippen LogP contribution in [0, 0.1) is 6.92 Å². The van der Waals surface area contributed by atoms with E-state index in [1.807, 2.05) is 19.5 Å². The lowest BCUT2D eigenvalue weighted by molar-refractivity contribution is 0.432. The third kappa shape index (κ3) is 4.94. The van der Waals surface area contributed by atoms with Gasteiger partial charge in [0.1, 0.15) is 0 Å². The third-order valence-corrected chi connectivity index (χ3v) is 5.96. The van der Waals surface area contributed by atoms with Crippen molar-refractivity contribution >= 4 is 41.3 Å². The fourth-order valence-electron chi connectivity index (χ4n) is 3.54. The van der Waals surface area contributed by atoms with E-state index in [1.165, 1.54) is 36.1 Å². The molecular weight excluding hydrogens is 443 g/mol. The Labute approximate surface area is 171 Å². The summed E-state index contributed by atoms with van der Waals surface area (Å²) in [5, 5.41) is 6.97. The number of halogens is 1. The van der Waals surface area contributed by atoms with Crippen molar-refractivity contribution < 1.29 is 0 Å². The van der Waals surface area contributed by atoms with E-state index in [-0.39, 0.29) is 29.4 Å². The Morgan fingerprint density at radius 1 is 1.20 bits per heavy atom. The number of aliphatic imine (C=N–C) groups is 1. The first-order chi connectivity index (χ1) is 11.7. The lowest BCUT2D eigenvalue weighted by atomic mass is 9.79. The summed E-state index contributed by atoms with van der Waals surface area (Å²) in [4.78, 5) is 9.94. The molecule has 1 heterocycles. The Morgan fingerprint density at radius 2 is 1.92 bits per heavy atom. The molecule has 6 heteroatoms. The van der Waals surface area contributed by atoms with Gasteiger partial charge in [-0.15, -0.1) is 35.3 Å². The molecule has 0 aliphatic heterocycles. The third-order valence-electron chi connectivity index (χ3n) is 5.03. The molecule has 1 aromatic carbocycles. The van der Waals surface area contributed by atoms with Crippen molar-refractivity contribution in [3.05, 3.63) is 52.0 Å². The summed E-state index contributed by atoms with van der Waals surface area (Å²) in [5.41, 5.74) is 4.67. The molecule has 1 fully saturated rings. The number of aromatic nitrogens is 1. The number of aryl methyl sites for hydroxylation is 1. The number of benzene rings is 1. The van der Waals surface area contributed by atoms with E-state index in [4.69, 9.17) is 0 Å². The molecule has 1 saturated carbocycles. The zero-order chi connectivity index (χ0) is 16.8. The van der Waals surface area contributed by atoms with E-state index in [0.29, 0.717) is 0 Å². The van der Waals surface area contributed by atoms with E-state index in [0.717, 1.165) is 24.7 Å². The first kappa shape index (κ1) is 20.2. The topological polar surface area (TPSA) is 49.3 Å². The summed E-state index contributed by atoms with van der Waals surface area (Å²) in [7, 11) is 1.83. The Hall–Kier alpha value is -1.15. The van der Waals surface area contributed by atoms with Crippen molar-refractivity contribution in [3.8, 4) is 0 Å². The predicted octanol–water partition coefficient (Wildman–Crippen LogP) is 4.25. The van der Waals surface area contributed by atoms with Crippen LogP contribution in [-0.4, -0.2) is 24.5 Å². The second-order valence-electron chi connectivity index (χ2n) is 6.49. The molecule has 136 valence electrons. The number of hydrogen-bond donors (Lipinski definition) is 2. The normalized spacial score (nSPS) is 16.3. The van der Waals surface area contributed by atoms with Gasteiger partial charge in [-0.25, -0.2) is 4.98 Å². The van der Waals surface area contributed by atoms with Crippen molar-refractivity contribution in [2.45, 2.75) is 44.6 Å². The van der Waals surface area contributed by atoms with Crippen LogP contribution in [0.5, 0.6) is 0 Å². The van der Waals surface area contributed by atoms with Crippen LogP contribution in [-0.2, 0) is 12.0 Å². The molecule has 25 heavy (non-hydrogen) atoms. The largest absolute Gasteiger partial charge is 0.356 e. The van der Waals surface area contributed by atoms with Crippen molar-refractivity contribution in [1.82, 2.24) is 15.6 Å². The minimum absolute atomic E-state index is 0. The Kier molecular flexibility index (Phi) is 7.68. The highest BCUT2D eigenvalue weighted by Gasteiger charge is 2.35. The van der Waals surface area contributed by atoms with Gasteiger partial charge in [0, 0.05) is 23.9 Å². The first-order valence-electron chi connectivity index (χ1n) is 8.62. The van der Waals surface area contributed by atoms with Crippen LogP contribution in [0.2, 0.25) is 0 Å². The van der Waals surface area contributed by atoms with Gasteiger partial charge in [0.25, 0.3) is 0 Å². The van der Waals surface area contributed by atoms with Crippen molar-refractivity contribution in [1.29, 1.82) is 0 Å². The molecule has 1 aliphatic carbocycles. The molecule has 0 radical (unpaired) electrons. The zero-order valence-electron chi connectivity index (χ0n) is 14.9. The van der Waals surface area contributed by atoms with Crippen LogP contribution >= 0.6 is 35.3 Å². The summed E-state index contributed by atoms with van der Waals surface area (Å²) in [5.74, 6) is 0.866. The minimum atomic E-state index is 0. The van der Waals surface area contributed by atoms with E-state index < -0.39 is 0 Å². The summed E-state index contributed by atoms with van der Waals surface area (Å²) in [6.45, 7) is 3.75. The number of hydrogen-bond acceptors (Lipinski definition) is 3. The Balaban J connectivity index is 0.00000225. The number of nitrogens with one attached hydrogen (secondary N) is 2. The predicted molar refractivity (Wildman–Crippen MR) is 117 cm³/mol. The molecule has 2 N–H and O–H groups in total. The van der Waals surface area contributed by atoms with Crippen molar-refractivity contribution in [2.75, 3.05) is 13.6 Å². The van der Waals surface area contributed by atoms with Crippen molar-refractivity contribution in [3.63, 3.8) is 0 Å². The van der Waals surface area contributed by atoms with E-state index >= 15 is 0 Å². The van der Waals surface area contributed by atoms with Gasteiger partial charge in [0.2, 0.25) is 0 Å². The maximum Gasteiger partial charge on any atom is 0.191 e. The Morgan fingerprint density at radius 3 is 2.52 bits per heavy atom. The second kappa shape index (κ2) is 9.52. The highest BCUT2D eigenvalue weighted by molar-refractivity contribution is 14.0. The summed E-state index contributed by atoms with van der Waals surface area (Å²) in [6, 6.07) is 10.9. The van der Waals surface area contributed by atoms with Crippen LogP contribution in [0.15, 0.2) is 40.8 Å². The average molecular weight is 470 g/mol. The molecule has 1 aliphatic rings. The van der Waals surface area contributed by atoms with Gasteiger partial charge >= 0.3 is 0 Å². The summed E-state index contributed by atoms with van der Waals surface area (Å²) in [6.07, 6.45) is 5.11. The molecule has 0 spiro atoms. The molecule has 0 saturated heterocycles. The molecule has 1 aromatic heterocycles. The van der Waals surface area contributed by atoms with Gasteiger partial charge in [0.15, 0.2) is 5.96 Å². The van der Waals surface area contributed by atoms with E-state index in [9.17, 15) is 0 Å². The summed E-state index contributed by atoms with van der Waals surface area (Å²) < 4.78 is 0. The molecule has 3 rings (SSSR count). The average Bonchev–Trinajstić information content (AvgIpc) is 3.26. The Bertz CT molecular complexity index is 678. The van der Waals surface area contributed by atoms with E-state index in [2.05, 4.69) is 50.9 Å². The minimum Gasteiger partial charge on any atom is -0.356 e. The van der Waals surface area contributed by atoms with Gasteiger partial charge < -0.3 is 10.6 Å². The molecule has 0 amide bonds. The van der Waals surface area contributed by atoms with Crippen LogP contribution < -0.4 is 10.6 Å². The van der Waals surface area contributed by atoms with Gasteiger partial charge in [-0.05, 0) is 25.3 Å². The highest BCUT2D eigenvalue weighted by Crippen LogP contribution is 2.40. The van der Waals surface area contributed by atoms with E-state index in [1.54, 1.807) is 11.3 Å². The fraction of sp³-hybridized carbons (Fsp3) is 0.474. The molecule has 4 nitrogen and oxygen atoms in total. The second-order valence-corrected chi connectivity index (χ2v) is 7.43. The summed E-state index contributed by atoms with van der Waals surface area (Å²) >= 11 is 1.69. The lowest BCUT2D eigenvalue weighted by Gasteiger charge is -2.30. The molecule has 0 bridgehead atoms. The lowest BCUT2D eigenvalue weighted by Crippen LogP contribution is -2.44. The van der Waals surface area contributed by atoms with Gasteiger partial charge in [-0.3, -0.25) is 4.99 Å².